The molecule has 1 aliphatic rings. The summed E-state index contributed by atoms with van der Waals surface area (Å²) in [6, 6.07) is 7.15. The highest BCUT2D eigenvalue weighted by Crippen LogP contribution is 2.36. The number of aromatic hydroxyl groups is 1. The van der Waals surface area contributed by atoms with Crippen LogP contribution in [-0.2, 0) is 14.3 Å². The standard InChI is InChI=1S/C16H20O5/c17-14-8-5-4-7-13(14)16-12(10-20-11-21-16)6-2-1-3-9-15(18)19/h1-2,4-5,7-8,12,16-17H,3,6,9-11H2,(H,18,19)/b2-1-. The molecular formula is C16H20O5. The minimum atomic E-state index is -0.795. The molecule has 1 heterocycles. The van der Waals surface area contributed by atoms with Gasteiger partial charge in [0.2, 0.25) is 0 Å². The minimum Gasteiger partial charge on any atom is -0.508 e. The number of carboxylic acid groups (broad SMARTS) is 1. The van der Waals surface area contributed by atoms with Crippen LogP contribution in [-0.4, -0.2) is 29.6 Å². The fraction of sp³-hybridized carbons (Fsp3) is 0.438. The Hall–Kier alpha value is -1.85. The van der Waals surface area contributed by atoms with Crippen LogP contribution >= 0.6 is 0 Å². The van der Waals surface area contributed by atoms with Gasteiger partial charge in [-0.1, -0.05) is 30.4 Å². The van der Waals surface area contributed by atoms with Crippen molar-refractivity contribution in [3.8, 4) is 5.75 Å². The monoisotopic (exact) mass is 292 g/mol. The maximum Gasteiger partial charge on any atom is 0.303 e. The average Bonchev–Trinajstić information content (AvgIpc) is 2.48. The summed E-state index contributed by atoms with van der Waals surface area (Å²) in [6.45, 7) is 0.778. The van der Waals surface area contributed by atoms with Gasteiger partial charge in [0.15, 0.2) is 0 Å². The van der Waals surface area contributed by atoms with Gasteiger partial charge >= 0.3 is 5.97 Å². The van der Waals surface area contributed by atoms with Crippen LogP contribution in [0.25, 0.3) is 0 Å². The molecule has 0 aliphatic carbocycles. The number of rotatable bonds is 6. The first-order chi connectivity index (χ1) is 10.2. The Bertz CT molecular complexity index is 497. The molecule has 1 fully saturated rings. The van der Waals surface area contributed by atoms with E-state index in [9.17, 15) is 9.90 Å². The first-order valence-corrected chi connectivity index (χ1v) is 7.02. The number of aliphatic carboxylic acids is 1. The number of allylic oxidation sites excluding steroid dienone is 2. The zero-order valence-electron chi connectivity index (χ0n) is 11.8. The molecule has 0 saturated carbocycles. The van der Waals surface area contributed by atoms with Crippen molar-refractivity contribution in [1.82, 2.24) is 0 Å². The molecule has 1 saturated heterocycles. The first-order valence-electron chi connectivity index (χ1n) is 7.02. The number of phenols is 1. The Morgan fingerprint density at radius 3 is 2.90 bits per heavy atom. The van der Waals surface area contributed by atoms with Crippen molar-refractivity contribution in [3.05, 3.63) is 42.0 Å². The molecule has 0 spiro atoms. The molecule has 2 N–H and O–H groups in total. The van der Waals surface area contributed by atoms with E-state index in [0.717, 1.165) is 12.0 Å². The largest absolute Gasteiger partial charge is 0.508 e. The fourth-order valence-corrected chi connectivity index (χ4v) is 2.40. The molecule has 2 rings (SSSR count). The summed E-state index contributed by atoms with van der Waals surface area (Å²) < 4.78 is 11.0. The lowest BCUT2D eigenvalue weighted by molar-refractivity contribution is -0.172. The van der Waals surface area contributed by atoms with E-state index in [1.165, 1.54) is 0 Å². The second-order valence-corrected chi connectivity index (χ2v) is 5.03. The molecule has 0 amide bonds. The number of hydrogen-bond acceptors (Lipinski definition) is 4. The molecule has 114 valence electrons. The maximum atomic E-state index is 10.4. The van der Waals surface area contributed by atoms with E-state index < -0.39 is 5.97 Å². The Kier molecular flexibility index (Phi) is 5.78. The third kappa shape index (κ3) is 4.58. The van der Waals surface area contributed by atoms with Gasteiger partial charge in [0.25, 0.3) is 0 Å². The zero-order chi connectivity index (χ0) is 15.1. The normalized spacial score (nSPS) is 22.5. The Balaban J connectivity index is 1.96. The second kappa shape index (κ2) is 7.81. The molecule has 0 radical (unpaired) electrons. The lowest BCUT2D eigenvalue weighted by Crippen LogP contribution is -2.27. The lowest BCUT2D eigenvalue weighted by Gasteiger charge is -2.31. The van der Waals surface area contributed by atoms with Gasteiger partial charge in [0.1, 0.15) is 12.5 Å². The zero-order valence-corrected chi connectivity index (χ0v) is 11.8. The number of phenolic OH excluding ortho intramolecular Hbond substituents is 1. The number of para-hydroxylation sites is 1. The predicted octanol–water partition coefficient (Wildman–Crippen LogP) is 2.86. The highest BCUT2D eigenvalue weighted by Gasteiger charge is 2.28. The molecule has 2 unspecified atom stereocenters. The van der Waals surface area contributed by atoms with Crippen LogP contribution in [0.1, 0.15) is 30.9 Å². The Morgan fingerprint density at radius 2 is 2.14 bits per heavy atom. The second-order valence-electron chi connectivity index (χ2n) is 5.03. The van der Waals surface area contributed by atoms with Crippen molar-refractivity contribution in [2.75, 3.05) is 13.4 Å². The van der Waals surface area contributed by atoms with Gasteiger partial charge < -0.3 is 19.7 Å². The molecule has 1 aromatic rings. The Morgan fingerprint density at radius 1 is 1.33 bits per heavy atom. The van der Waals surface area contributed by atoms with E-state index in [1.54, 1.807) is 12.1 Å². The van der Waals surface area contributed by atoms with Crippen molar-refractivity contribution < 1.29 is 24.5 Å². The first kappa shape index (κ1) is 15.5. The smallest absolute Gasteiger partial charge is 0.303 e. The van der Waals surface area contributed by atoms with Crippen molar-refractivity contribution in [3.63, 3.8) is 0 Å². The van der Waals surface area contributed by atoms with E-state index in [0.29, 0.717) is 13.0 Å². The third-order valence-electron chi connectivity index (χ3n) is 3.46. The summed E-state index contributed by atoms with van der Waals surface area (Å²) in [5.41, 5.74) is 0.768. The van der Waals surface area contributed by atoms with Crippen LogP contribution in [0.15, 0.2) is 36.4 Å². The van der Waals surface area contributed by atoms with Gasteiger partial charge in [-0.25, -0.2) is 0 Å². The van der Waals surface area contributed by atoms with Gasteiger partial charge in [-0.2, -0.15) is 0 Å². The highest BCUT2D eigenvalue weighted by molar-refractivity contribution is 5.66. The maximum absolute atomic E-state index is 10.4. The molecule has 2 atom stereocenters. The highest BCUT2D eigenvalue weighted by atomic mass is 16.7. The van der Waals surface area contributed by atoms with Crippen LogP contribution in [0.2, 0.25) is 0 Å². The predicted molar refractivity (Wildman–Crippen MR) is 76.9 cm³/mol. The van der Waals surface area contributed by atoms with Crippen molar-refractivity contribution in [2.45, 2.75) is 25.4 Å². The summed E-state index contributed by atoms with van der Waals surface area (Å²) in [5.74, 6) is -0.464. The average molecular weight is 292 g/mol. The van der Waals surface area contributed by atoms with E-state index in [4.69, 9.17) is 14.6 Å². The summed E-state index contributed by atoms with van der Waals surface area (Å²) in [6.07, 6.45) is 4.99. The van der Waals surface area contributed by atoms with Crippen LogP contribution < -0.4 is 0 Å². The van der Waals surface area contributed by atoms with Gasteiger partial charge in [-0.05, 0) is 18.9 Å². The van der Waals surface area contributed by atoms with Gasteiger partial charge in [0, 0.05) is 17.9 Å². The number of hydrogen-bond donors (Lipinski definition) is 2. The molecule has 21 heavy (non-hydrogen) atoms. The Labute approximate surface area is 123 Å². The lowest BCUT2D eigenvalue weighted by atomic mass is 9.92. The topological polar surface area (TPSA) is 76.0 Å². The van der Waals surface area contributed by atoms with E-state index in [2.05, 4.69) is 0 Å². The number of carbonyl (C=O) groups is 1. The third-order valence-corrected chi connectivity index (χ3v) is 3.46. The number of carboxylic acids is 1. The van der Waals surface area contributed by atoms with Crippen LogP contribution in [0.3, 0.4) is 0 Å². The van der Waals surface area contributed by atoms with Gasteiger partial charge in [-0.3, -0.25) is 4.79 Å². The molecular weight excluding hydrogens is 272 g/mol. The SMILES string of the molecule is O=C(O)CC/C=C\CC1COCOC1c1ccccc1O. The van der Waals surface area contributed by atoms with E-state index in [1.807, 2.05) is 24.3 Å². The summed E-state index contributed by atoms with van der Waals surface area (Å²) in [5, 5.41) is 18.5. The molecule has 0 aromatic heterocycles. The molecule has 0 bridgehead atoms. The van der Waals surface area contributed by atoms with Gasteiger partial charge in [0.05, 0.1) is 12.7 Å². The molecule has 1 aliphatic heterocycles. The quantitative estimate of drug-likeness (QED) is 0.788. The van der Waals surface area contributed by atoms with Crippen molar-refractivity contribution >= 4 is 5.97 Å². The van der Waals surface area contributed by atoms with Gasteiger partial charge in [-0.15, -0.1) is 0 Å². The molecule has 1 aromatic carbocycles. The van der Waals surface area contributed by atoms with Crippen LogP contribution in [0.5, 0.6) is 5.75 Å². The van der Waals surface area contributed by atoms with Crippen LogP contribution in [0.4, 0.5) is 0 Å². The summed E-state index contributed by atoms with van der Waals surface area (Å²) >= 11 is 0. The fourth-order valence-electron chi connectivity index (χ4n) is 2.40. The summed E-state index contributed by atoms with van der Waals surface area (Å²) in [7, 11) is 0. The number of ether oxygens (including phenoxy) is 2. The summed E-state index contributed by atoms with van der Waals surface area (Å²) in [4.78, 5) is 10.4. The van der Waals surface area contributed by atoms with Crippen LogP contribution in [0, 0.1) is 5.92 Å². The van der Waals surface area contributed by atoms with Crippen molar-refractivity contribution in [1.29, 1.82) is 0 Å². The number of benzene rings is 1. The molecule has 5 nitrogen and oxygen atoms in total. The molecule has 5 heteroatoms. The van der Waals surface area contributed by atoms with Crippen molar-refractivity contribution in [2.24, 2.45) is 5.92 Å². The van der Waals surface area contributed by atoms with E-state index >= 15 is 0 Å². The minimum absolute atomic E-state index is 0.105. The van der Waals surface area contributed by atoms with E-state index in [-0.39, 0.29) is 31.0 Å².